The van der Waals surface area contributed by atoms with E-state index in [-0.39, 0.29) is 0 Å². The first kappa shape index (κ1) is 31.0. The van der Waals surface area contributed by atoms with Gasteiger partial charge in [-0.15, -0.1) is 0 Å². The molecule has 0 bridgehead atoms. The van der Waals surface area contributed by atoms with Crippen molar-refractivity contribution >= 4 is 0 Å². The van der Waals surface area contributed by atoms with Crippen molar-refractivity contribution in [2.24, 2.45) is 35.0 Å². The van der Waals surface area contributed by atoms with Crippen LogP contribution in [-0.2, 0) is 0 Å². The molecule has 0 spiro atoms. The van der Waals surface area contributed by atoms with Gasteiger partial charge >= 0.3 is 0 Å². The predicted octanol–water partition coefficient (Wildman–Crippen LogP) is 12.0. The van der Waals surface area contributed by atoms with Crippen LogP contribution in [0, 0.1) is 35.0 Å². The Bertz CT molecular complexity index is 427. The first-order valence-corrected chi connectivity index (χ1v) is 15.8. The molecule has 0 heteroatoms. The van der Waals surface area contributed by atoms with Crippen molar-refractivity contribution in [1.82, 2.24) is 0 Å². The van der Waals surface area contributed by atoms with E-state index in [9.17, 15) is 0 Å². The topological polar surface area (TPSA) is 0 Å². The van der Waals surface area contributed by atoms with Crippen molar-refractivity contribution < 1.29 is 0 Å². The summed E-state index contributed by atoms with van der Waals surface area (Å²) in [6.07, 6.45) is 29.4. The largest absolute Gasteiger partial charge is 0.0654 e. The van der Waals surface area contributed by atoms with Gasteiger partial charge in [0, 0.05) is 0 Å². The third-order valence-corrected chi connectivity index (χ3v) is 9.55. The van der Waals surface area contributed by atoms with Gasteiger partial charge in [-0.25, -0.2) is 0 Å². The van der Waals surface area contributed by atoms with Crippen molar-refractivity contribution in [3.05, 3.63) is 0 Å². The lowest BCUT2D eigenvalue weighted by Gasteiger charge is -2.40. The molecular weight excluding hydrogens is 396 g/mol. The van der Waals surface area contributed by atoms with E-state index in [0.717, 1.165) is 29.6 Å². The number of unbranched alkanes of at least 4 members (excludes halogenated alkanes) is 1. The summed E-state index contributed by atoms with van der Waals surface area (Å²) in [6, 6.07) is 0. The molecule has 1 aliphatic carbocycles. The molecular formula is C33H66. The molecule has 0 aromatic carbocycles. The molecule has 0 aromatic rings. The van der Waals surface area contributed by atoms with Crippen LogP contribution < -0.4 is 0 Å². The molecule has 3 atom stereocenters. The highest BCUT2D eigenvalue weighted by Gasteiger charge is 2.33. The Morgan fingerprint density at radius 1 is 0.606 bits per heavy atom. The Balaban J connectivity index is 2.15. The minimum absolute atomic E-state index is 0.703. The van der Waals surface area contributed by atoms with Gasteiger partial charge in [-0.05, 0) is 67.1 Å². The van der Waals surface area contributed by atoms with Crippen LogP contribution in [0.15, 0.2) is 0 Å². The molecule has 0 aliphatic heterocycles. The summed E-state index contributed by atoms with van der Waals surface area (Å²) in [7, 11) is 0. The number of rotatable bonds is 20. The minimum atomic E-state index is 0.703. The van der Waals surface area contributed by atoms with Crippen LogP contribution in [0.3, 0.4) is 0 Å². The van der Waals surface area contributed by atoms with Gasteiger partial charge < -0.3 is 0 Å². The second-order valence-electron chi connectivity index (χ2n) is 13.3. The van der Waals surface area contributed by atoms with Crippen LogP contribution in [0.1, 0.15) is 177 Å². The van der Waals surface area contributed by atoms with E-state index in [1.165, 1.54) is 128 Å². The summed E-state index contributed by atoms with van der Waals surface area (Å²) >= 11 is 0. The highest BCUT2D eigenvalue weighted by atomic mass is 14.4. The first-order valence-electron chi connectivity index (χ1n) is 15.8. The number of hydrogen-bond acceptors (Lipinski definition) is 0. The fourth-order valence-corrected chi connectivity index (χ4v) is 6.61. The van der Waals surface area contributed by atoms with E-state index in [2.05, 4.69) is 48.5 Å². The summed E-state index contributed by atoms with van der Waals surface area (Å²) in [5.41, 5.74) is 0.703. The van der Waals surface area contributed by atoms with Crippen molar-refractivity contribution in [2.75, 3.05) is 0 Å². The van der Waals surface area contributed by atoms with Gasteiger partial charge in [0.1, 0.15) is 0 Å². The fourth-order valence-electron chi connectivity index (χ4n) is 6.61. The van der Waals surface area contributed by atoms with E-state index in [1.54, 1.807) is 0 Å². The van der Waals surface area contributed by atoms with Crippen molar-refractivity contribution in [3.8, 4) is 0 Å². The highest BCUT2D eigenvalue weighted by molar-refractivity contribution is 4.85. The maximum Gasteiger partial charge on any atom is -0.0300 e. The van der Waals surface area contributed by atoms with Crippen LogP contribution in [0.4, 0.5) is 0 Å². The minimum Gasteiger partial charge on any atom is -0.0654 e. The molecule has 0 nitrogen and oxygen atoms in total. The van der Waals surface area contributed by atoms with E-state index < -0.39 is 0 Å². The smallest absolute Gasteiger partial charge is 0.0300 e. The van der Waals surface area contributed by atoms with Gasteiger partial charge in [-0.3, -0.25) is 0 Å². The van der Waals surface area contributed by atoms with Crippen LogP contribution in [0.25, 0.3) is 0 Å². The second-order valence-corrected chi connectivity index (χ2v) is 13.3. The average molecular weight is 463 g/mol. The lowest BCUT2D eigenvalue weighted by Crippen LogP contribution is -2.27. The lowest BCUT2D eigenvalue weighted by molar-refractivity contribution is 0.119. The summed E-state index contributed by atoms with van der Waals surface area (Å²) in [4.78, 5) is 0. The average Bonchev–Trinajstić information content (AvgIpc) is 2.78. The molecule has 0 N–H and O–H groups in total. The molecule has 0 heterocycles. The molecule has 1 aliphatic rings. The fraction of sp³-hybridized carbons (Fsp3) is 1.00. The lowest BCUT2D eigenvalue weighted by atomic mass is 9.65. The molecule has 0 radical (unpaired) electrons. The third kappa shape index (κ3) is 14.9. The second kappa shape index (κ2) is 18.3. The Hall–Kier alpha value is 0. The van der Waals surface area contributed by atoms with Crippen LogP contribution in [0.2, 0.25) is 0 Å². The van der Waals surface area contributed by atoms with E-state index >= 15 is 0 Å². The molecule has 33 heavy (non-hydrogen) atoms. The maximum absolute atomic E-state index is 2.52. The number of hydrogen-bond donors (Lipinski definition) is 0. The van der Waals surface area contributed by atoms with Gasteiger partial charge in [-0.1, -0.05) is 145 Å². The quantitative estimate of drug-likeness (QED) is 0.169. The van der Waals surface area contributed by atoms with Gasteiger partial charge in [0.2, 0.25) is 0 Å². The monoisotopic (exact) mass is 463 g/mol. The molecule has 0 aromatic heterocycles. The predicted molar refractivity (Wildman–Crippen MR) is 152 cm³/mol. The summed E-state index contributed by atoms with van der Waals surface area (Å²) < 4.78 is 0. The van der Waals surface area contributed by atoms with Gasteiger partial charge in [0.05, 0.1) is 0 Å². The van der Waals surface area contributed by atoms with Gasteiger partial charge in [0.15, 0.2) is 0 Å². The van der Waals surface area contributed by atoms with Crippen molar-refractivity contribution in [3.63, 3.8) is 0 Å². The Kier molecular flexibility index (Phi) is 17.2. The molecule has 198 valence electrons. The van der Waals surface area contributed by atoms with Gasteiger partial charge in [0.25, 0.3) is 0 Å². The Labute approximate surface area is 211 Å². The Morgan fingerprint density at radius 3 is 1.61 bits per heavy atom. The molecule has 0 amide bonds. The SMILES string of the molecule is CCCCC(C)CCCC(C)CCCC1(CC)CCC(CCCC(C)CCCC(C)C)CC1. The molecule has 0 saturated heterocycles. The zero-order valence-corrected chi connectivity index (χ0v) is 24.5. The Morgan fingerprint density at radius 2 is 1.09 bits per heavy atom. The normalized spacial score (nSPS) is 24.2. The highest BCUT2D eigenvalue weighted by Crippen LogP contribution is 2.46. The third-order valence-electron chi connectivity index (χ3n) is 9.55. The summed E-state index contributed by atoms with van der Waals surface area (Å²) in [5.74, 6) is 4.76. The van der Waals surface area contributed by atoms with Crippen LogP contribution in [0.5, 0.6) is 0 Å². The van der Waals surface area contributed by atoms with E-state index in [1.807, 2.05) is 0 Å². The zero-order valence-electron chi connectivity index (χ0n) is 24.5. The van der Waals surface area contributed by atoms with E-state index in [4.69, 9.17) is 0 Å². The van der Waals surface area contributed by atoms with Crippen molar-refractivity contribution in [1.29, 1.82) is 0 Å². The van der Waals surface area contributed by atoms with Crippen LogP contribution >= 0.6 is 0 Å². The zero-order chi connectivity index (χ0) is 24.5. The maximum atomic E-state index is 2.52. The van der Waals surface area contributed by atoms with E-state index in [0.29, 0.717) is 5.41 Å². The van der Waals surface area contributed by atoms with Gasteiger partial charge in [-0.2, -0.15) is 0 Å². The molecule has 1 saturated carbocycles. The summed E-state index contributed by atoms with van der Waals surface area (Å²) in [6.45, 7) is 17.0. The standard InChI is InChI=1S/C33H66/c1-8-10-16-29(5)18-12-19-31(7)21-14-25-33(9-2)26-23-32(24-27-33)22-13-20-30(6)17-11-15-28(3)4/h28-32H,8-27H2,1-7H3. The molecule has 3 unspecified atom stereocenters. The summed E-state index contributed by atoms with van der Waals surface area (Å²) in [5, 5.41) is 0. The molecule has 1 rings (SSSR count). The van der Waals surface area contributed by atoms with Crippen LogP contribution in [-0.4, -0.2) is 0 Å². The van der Waals surface area contributed by atoms with Crippen molar-refractivity contribution in [2.45, 2.75) is 177 Å². The first-order chi connectivity index (χ1) is 15.8. The molecule has 1 fully saturated rings.